The van der Waals surface area contributed by atoms with Gasteiger partial charge in [-0.2, -0.15) is 13.2 Å². The number of nitrogens with zero attached hydrogens (tertiary/aromatic N) is 3. The summed E-state index contributed by atoms with van der Waals surface area (Å²) < 4.78 is 46.3. The minimum absolute atomic E-state index is 0.0105. The Morgan fingerprint density at radius 3 is 2.24 bits per heavy atom. The van der Waals surface area contributed by atoms with Crippen molar-refractivity contribution in [3.8, 4) is 39.3 Å². The molecule has 0 aliphatic heterocycles. The summed E-state index contributed by atoms with van der Waals surface area (Å²) >= 11 is 0. The van der Waals surface area contributed by atoms with Gasteiger partial charge in [0.1, 0.15) is 17.2 Å². The smallest absolute Gasteiger partial charge is 0.416 e. The van der Waals surface area contributed by atoms with Crippen LogP contribution < -0.4 is 0 Å². The quantitative estimate of drug-likeness (QED) is 0.497. The molecule has 0 amide bonds. The zero-order valence-electron chi connectivity index (χ0n) is 15.4. The molecule has 4 rings (SSSR count). The van der Waals surface area contributed by atoms with Gasteiger partial charge in [-0.05, 0) is 49.2 Å². The lowest BCUT2D eigenvalue weighted by molar-refractivity contribution is -0.137. The molecule has 0 saturated heterocycles. The van der Waals surface area contributed by atoms with Crippen LogP contribution in [-0.4, -0.2) is 25.7 Å². The van der Waals surface area contributed by atoms with Crippen LogP contribution in [-0.2, 0) is 6.18 Å². The van der Waals surface area contributed by atoms with Gasteiger partial charge in [0.2, 0.25) is 0 Å². The third-order valence-electron chi connectivity index (χ3n) is 4.62. The second-order valence-corrected chi connectivity index (χ2v) is 6.55. The van der Waals surface area contributed by atoms with E-state index < -0.39 is 11.7 Å². The molecule has 0 fully saturated rings. The van der Waals surface area contributed by atoms with Crippen LogP contribution in [0.3, 0.4) is 0 Å². The fraction of sp³-hybridized carbons (Fsp3) is 0.150. The zero-order chi connectivity index (χ0) is 20.8. The number of halogens is 3. The standard InChI is InChI=1S/C20H15F3N4O2/c1-10-18(11(2)29-26-10)19-15(12-3-5-14(28)6-4-12)7-13(20(21,22)23)8-16(19)17-9-24-27-25-17/h3-9,28H,1-2H3,(H,24,25,27). The molecule has 0 spiro atoms. The molecular formula is C20H15F3N4O2. The molecule has 0 radical (unpaired) electrons. The van der Waals surface area contributed by atoms with Crippen molar-refractivity contribution in [1.82, 2.24) is 20.6 Å². The number of benzene rings is 2. The van der Waals surface area contributed by atoms with E-state index in [1.165, 1.54) is 18.3 Å². The summed E-state index contributed by atoms with van der Waals surface area (Å²) in [7, 11) is 0. The van der Waals surface area contributed by atoms with Crippen molar-refractivity contribution in [2.24, 2.45) is 0 Å². The largest absolute Gasteiger partial charge is 0.508 e. The van der Waals surface area contributed by atoms with Gasteiger partial charge in [0.15, 0.2) is 0 Å². The predicted octanol–water partition coefficient (Wildman–Crippen LogP) is 5.13. The number of aromatic amines is 1. The highest BCUT2D eigenvalue weighted by Gasteiger charge is 2.34. The number of rotatable bonds is 3. The van der Waals surface area contributed by atoms with Crippen LogP contribution in [0.4, 0.5) is 13.2 Å². The summed E-state index contributed by atoms with van der Waals surface area (Å²) in [5.74, 6) is 0.475. The molecule has 0 bridgehead atoms. The molecule has 0 aliphatic carbocycles. The van der Waals surface area contributed by atoms with E-state index in [1.54, 1.807) is 26.0 Å². The van der Waals surface area contributed by atoms with E-state index in [9.17, 15) is 18.3 Å². The molecule has 2 aromatic heterocycles. The molecule has 2 heterocycles. The number of aryl methyl sites for hydroxylation is 2. The number of aromatic nitrogens is 4. The topological polar surface area (TPSA) is 87.8 Å². The van der Waals surface area contributed by atoms with Crippen LogP contribution in [0.15, 0.2) is 47.1 Å². The molecule has 0 atom stereocenters. The van der Waals surface area contributed by atoms with Gasteiger partial charge in [0.25, 0.3) is 0 Å². The van der Waals surface area contributed by atoms with Gasteiger partial charge in [0.05, 0.1) is 17.5 Å². The fourth-order valence-corrected chi connectivity index (χ4v) is 3.32. The van der Waals surface area contributed by atoms with E-state index >= 15 is 0 Å². The first-order chi connectivity index (χ1) is 13.8. The van der Waals surface area contributed by atoms with Crippen molar-refractivity contribution < 1.29 is 22.8 Å². The van der Waals surface area contributed by atoms with Gasteiger partial charge >= 0.3 is 6.18 Å². The van der Waals surface area contributed by atoms with Crippen LogP contribution in [0.1, 0.15) is 17.0 Å². The molecule has 6 nitrogen and oxygen atoms in total. The maximum Gasteiger partial charge on any atom is 0.416 e. The number of alkyl halides is 3. The Labute approximate surface area is 163 Å². The maximum absolute atomic E-state index is 13.7. The Morgan fingerprint density at radius 2 is 1.69 bits per heavy atom. The summed E-state index contributed by atoms with van der Waals surface area (Å²) in [6.07, 6.45) is -3.14. The Morgan fingerprint density at radius 1 is 1.00 bits per heavy atom. The summed E-state index contributed by atoms with van der Waals surface area (Å²) in [6, 6.07) is 8.07. The molecule has 2 N–H and O–H groups in total. The monoisotopic (exact) mass is 400 g/mol. The number of hydrogen-bond donors (Lipinski definition) is 2. The number of H-pyrrole nitrogens is 1. The van der Waals surface area contributed by atoms with Gasteiger partial charge < -0.3 is 9.63 Å². The van der Waals surface area contributed by atoms with Crippen molar-refractivity contribution in [2.75, 3.05) is 0 Å². The molecule has 148 valence electrons. The van der Waals surface area contributed by atoms with Crippen molar-refractivity contribution >= 4 is 0 Å². The Balaban J connectivity index is 2.14. The van der Waals surface area contributed by atoms with E-state index in [0.717, 1.165) is 12.1 Å². The Hall–Kier alpha value is -3.62. The summed E-state index contributed by atoms with van der Waals surface area (Å²) in [5.41, 5.74) is 2.09. The predicted molar refractivity (Wildman–Crippen MR) is 98.9 cm³/mol. The number of nitrogens with one attached hydrogen (secondary N) is 1. The normalized spacial score (nSPS) is 11.8. The first kappa shape index (κ1) is 18.7. The molecule has 2 aromatic carbocycles. The van der Waals surface area contributed by atoms with Crippen LogP contribution in [0.25, 0.3) is 33.5 Å². The van der Waals surface area contributed by atoms with Crippen molar-refractivity contribution in [1.29, 1.82) is 0 Å². The summed E-state index contributed by atoms with van der Waals surface area (Å²) in [6.45, 7) is 3.41. The van der Waals surface area contributed by atoms with Gasteiger partial charge in [0, 0.05) is 16.7 Å². The van der Waals surface area contributed by atoms with Crippen LogP contribution in [0, 0.1) is 13.8 Å². The summed E-state index contributed by atoms with van der Waals surface area (Å²) in [4.78, 5) is 0. The maximum atomic E-state index is 13.7. The highest BCUT2D eigenvalue weighted by Crippen LogP contribution is 2.45. The lowest BCUT2D eigenvalue weighted by atomic mass is 9.86. The van der Waals surface area contributed by atoms with Crippen LogP contribution in [0.2, 0.25) is 0 Å². The molecule has 9 heteroatoms. The molecule has 0 aliphatic rings. The Kier molecular flexibility index (Phi) is 4.37. The van der Waals surface area contributed by atoms with Gasteiger partial charge in [-0.1, -0.05) is 22.5 Å². The highest BCUT2D eigenvalue weighted by molar-refractivity contribution is 5.95. The Bertz CT molecular complexity index is 1140. The highest BCUT2D eigenvalue weighted by atomic mass is 19.4. The van der Waals surface area contributed by atoms with Crippen molar-refractivity contribution in [2.45, 2.75) is 20.0 Å². The number of phenols is 1. The average molecular weight is 400 g/mol. The lowest BCUT2D eigenvalue weighted by Crippen LogP contribution is -2.07. The molecule has 4 aromatic rings. The van der Waals surface area contributed by atoms with Crippen molar-refractivity contribution in [3.63, 3.8) is 0 Å². The second kappa shape index (κ2) is 6.77. The van der Waals surface area contributed by atoms with Crippen molar-refractivity contribution in [3.05, 3.63) is 59.6 Å². The molecular weight excluding hydrogens is 385 g/mol. The first-order valence-electron chi connectivity index (χ1n) is 8.60. The molecule has 0 saturated carbocycles. The molecule has 29 heavy (non-hydrogen) atoms. The average Bonchev–Trinajstić information content (AvgIpc) is 3.31. The van der Waals surface area contributed by atoms with Gasteiger partial charge in [-0.25, -0.2) is 0 Å². The lowest BCUT2D eigenvalue weighted by Gasteiger charge is -2.18. The third kappa shape index (κ3) is 3.35. The van der Waals surface area contributed by atoms with E-state index in [0.29, 0.717) is 33.7 Å². The minimum atomic E-state index is -4.57. The van der Waals surface area contributed by atoms with E-state index in [-0.39, 0.29) is 17.0 Å². The summed E-state index contributed by atoms with van der Waals surface area (Å²) in [5, 5.41) is 23.7. The zero-order valence-corrected chi connectivity index (χ0v) is 15.4. The van der Waals surface area contributed by atoms with Crippen LogP contribution >= 0.6 is 0 Å². The van der Waals surface area contributed by atoms with E-state index in [4.69, 9.17) is 4.52 Å². The van der Waals surface area contributed by atoms with Crippen LogP contribution in [0.5, 0.6) is 5.75 Å². The molecule has 0 unspecified atom stereocenters. The third-order valence-corrected chi connectivity index (χ3v) is 4.62. The number of hydrogen-bond acceptors (Lipinski definition) is 5. The number of phenolic OH excluding ortho intramolecular Hbond substituents is 1. The van der Waals surface area contributed by atoms with E-state index in [1.807, 2.05) is 0 Å². The SMILES string of the molecule is Cc1noc(C)c1-c1c(-c2ccc(O)cc2)cc(C(F)(F)F)cc1-c1c[nH]nn1. The first-order valence-corrected chi connectivity index (χ1v) is 8.60. The second-order valence-electron chi connectivity index (χ2n) is 6.55. The van der Waals surface area contributed by atoms with Gasteiger partial charge in [-0.3, -0.25) is 5.10 Å². The minimum Gasteiger partial charge on any atom is -0.508 e. The fourth-order valence-electron chi connectivity index (χ4n) is 3.32. The van der Waals surface area contributed by atoms with E-state index in [2.05, 4.69) is 20.6 Å². The van der Waals surface area contributed by atoms with Gasteiger partial charge in [-0.15, -0.1) is 5.10 Å². The number of aromatic hydroxyl groups is 1.